The van der Waals surface area contributed by atoms with Crippen LogP contribution in [0.4, 0.5) is 0 Å². The summed E-state index contributed by atoms with van der Waals surface area (Å²) in [6, 6.07) is 7.63. The maximum Gasteiger partial charge on any atom is 0.337 e. The first-order valence-corrected chi connectivity index (χ1v) is 7.59. The molecule has 0 radical (unpaired) electrons. The Morgan fingerprint density at radius 3 is 3.05 bits per heavy atom. The summed E-state index contributed by atoms with van der Waals surface area (Å²) in [5.41, 5.74) is 0.664. The molecule has 1 aromatic carbocycles. The molecule has 0 bridgehead atoms. The minimum atomic E-state index is -0.978. The smallest absolute Gasteiger partial charge is 0.337 e. The van der Waals surface area contributed by atoms with E-state index in [0.717, 1.165) is 29.3 Å². The highest BCUT2D eigenvalue weighted by molar-refractivity contribution is 7.17. The molecule has 2 atom stereocenters. The predicted octanol–water partition coefficient (Wildman–Crippen LogP) is 3.57. The van der Waals surface area contributed by atoms with E-state index in [-0.39, 0.29) is 0 Å². The van der Waals surface area contributed by atoms with Crippen LogP contribution < -0.4 is 0 Å². The van der Waals surface area contributed by atoms with Gasteiger partial charge in [0.05, 0.1) is 0 Å². The highest BCUT2D eigenvalue weighted by Gasteiger charge is 2.26. The van der Waals surface area contributed by atoms with Gasteiger partial charge in [0.25, 0.3) is 0 Å². The highest BCUT2D eigenvalue weighted by Crippen LogP contribution is 2.28. The number of benzene rings is 1. The van der Waals surface area contributed by atoms with Gasteiger partial charge in [0, 0.05) is 11.3 Å². The minimum Gasteiger partial charge on any atom is -0.479 e. The largest absolute Gasteiger partial charge is 0.479 e. The lowest BCUT2D eigenvalue weighted by molar-refractivity contribution is -0.202. The first-order chi connectivity index (χ1) is 9.74. The van der Waals surface area contributed by atoms with Crippen LogP contribution in [0.3, 0.4) is 0 Å². The zero-order valence-electron chi connectivity index (χ0n) is 11.0. The maximum absolute atomic E-state index is 11.5. The van der Waals surface area contributed by atoms with Crippen molar-refractivity contribution < 1.29 is 19.4 Å². The Labute approximate surface area is 120 Å². The number of carboxylic acid groups (broad SMARTS) is 1. The molecule has 0 spiro atoms. The fraction of sp³-hybridized carbons (Fsp3) is 0.400. The number of hydrogen-bond donors (Lipinski definition) is 1. The first kappa shape index (κ1) is 13.5. The number of carbonyl (C=O) groups is 1. The second-order valence-corrected chi connectivity index (χ2v) is 5.82. The van der Waals surface area contributed by atoms with Crippen LogP contribution in [0.25, 0.3) is 10.1 Å². The molecule has 1 N–H and O–H groups in total. The fourth-order valence-electron chi connectivity index (χ4n) is 2.40. The predicted molar refractivity (Wildman–Crippen MR) is 76.9 cm³/mol. The molecular weight excluding hydrogens is 276 g/mol. The molecule has 106 valence electrons. The molecule has 2 aromatic rings. The molecule has 0 aliphatic carbocycles. The number of thiophene rings is 1. The summed E-state index contributed by atoms with van der Waals surface area (Å²) in [7, 11) is 0. The molecular formula is C15H16O4S. The maximum atomic E-state index is 11.5. The van der Waals surface area contributed by atoms with Crippen LogP contribution >= 0.6 is 11.3 Å². The summed E-state index contributed by atoms with van der Waals surface area (Å²) >= 11 is 1.64. The second kappa shape index (κ2) is 5.91. The topological polar surface area (TPSA) is 55.8 Å². The molecule has 20 heavy (non-hydrogen) atoms. The molecule has 0 saturated carbocycles. The average molecular weight is 292 g/mol. The van der Waals surface area contributed by atoms with Crippen LogP contribution in [0.2, 0.25) is 0 Å². The van der Waals surface area contributed by atoms with Gasteiger partial charge in [0.15, 0.2) is 12.4 Å². The molecule has 2 heterocycles. The van der Waals surface area contributed by atoms with Gasteiger partial charge in [-0.1, -0.05) is 6.07 Å². The minimum absolute atomic E-state index is 0.414. The van der Waals surface area contributed by atoms with Crippen molar-refractivity contribution >= 4 is 27.4 Å². The zero-order chi connectivity index (χ0) is 13.9. The Balaban J connectivity index is 1.83. The number of carboxylic acids is 1. The third-order valence-electron chi connectivity index (χ3n) is 3.43. The van der Waals surface area contributed by atoms with Crippen LogP contribution in [0.15, 0.2) is 29.6 Å². The van der Waals surface area contributed by atoms with Gasteiger partial charge in [-0.2, -0.15) is 0 Å². The lowest BCUT2D eigenvalue weighted by atomic mass is 10.1. The Kier molecular flexibility index (Phi) is 4.00. The summed E-state index contributed by atoms with van der Waals surface area (Å²) in [6.45, 7) is 0.639. The van der Waals surface area contributed by atoms with E-state index >= 15 is 0 Å². The molecule has 4 nitrogen and oxygen atoms in total. The summed E-state index contributed by atoms with van der Waals surface area (Å²) in [5.74, 6) is -0.978. The van der Waals surface area contributed by atoms with Crippen molar-refractivity contribution in [2.45, 2.75) is 31.7 Å². The fourth-order valence-corrected chi connectivity index (χ4v) is 3.17. The molecule has 1 fully saturated rings. The summed E-state index contributed by atoms with van der Waals surface area (Å²) in [5, 5.41) is 12.4. The van der Waals surface area contributed by atoms with E-state index in [1.165, 1.54) is 0 Å². The molecule has 1 aromatic heterocycles. The molecule has 3 rings (SSSR count). The molecule has 2 unspecified atom stereocenters. The van der Waals surface area contributed by atoms with Gasteiger partial charge in [0.2, 0.25) is 0 Å². The molecule has 1 aliphatic rings. The van der Waals surface area contributed by atoms with E-state index in [9.17, 15) is 9.90 Å². The first-order valence-electron chi connectivity index (χ1n) is 6.71. The quantitative estimate of drug-likeness (QED) is 0.936. The van der Waals surface area contributed by atoms with Crippen LogP contribution in [-0.4, -0.2) is 24.0 Å². The van der Waals surface area contributed by atoms with Crippen molar-refractivity contribution in [2.75, 3.05) is 6.61 Å². The van der Waals surface area contributed by atoms with Crippen molar-refractivity contribution in [3.8, 4) is 0 Å². The van der Waals surface area contributed by atoms with Gasteiger partial charge < -0.3 is 14.6 Å². The number of hydrogen-bond acceptors (Lipinski definition) is 4. The van der Waals surface area contributed by atoms with Crippen LogP contribution in [0, 0.1) is 0 Å². The SMILES string of the molecule is O=C(O)C(OC1CCCCO1)c1ccc2sccc2c1. The third-order valence-corrected chi connectivity index (χ3v) is 4.33. The van der Waals surface area contributed by atoms with E-state index in [4.69, 9.17) is 9.47 Å². The van der Waals surface area contributed by atoms with Crippen LogP contribution in [-0.2, 0) is 14.3 Å². The highest BCUT2D eigenvalue weighted by atomic mass is 32.1. The van der Waals surface area contributed by atoms with Gasteiger partial charge >= 0.3 is 5.97 Å². The van der Waals surface area contributed by atoms with E-state index in [0.29, 0.717) is 12.2 Å². The summed E-state index contributed by atoms with van der Waals surface area (Å²) in [6.07, 6.45) is 1.40. The van der Waals surface area contributed by atoms with Gasteiger partial charge in [-0.3, -0.25) is 0 Å². The average Bonchev–Trinajstić information content (AvgIpc) is 2.93. The van der Waals surface area contributed by atoms with Crippen LogP contribution in [0.1, 0.15) is 30.9 Å². The van der Waals surface area contributed by atoms with Crippen molar-refractivity contribution in [1.29, 1.82) is 0 Å². The second-order valence-electron chi connectivity index (χ2n) is 4.87. The van der Waals surface area contributed by atoms with Gasteiger partial charge in [-0.15, -0.1) is 11.3 Å². The standard InChI is InChI=1S/C15H16O4S/c16-15(17)14(19-13-3-1-2-7-18-13)11-4-5-12-10(9-11)6-8-20-12/h4-6,8-9,13-14H,1-3,7H2,(H,16,17). The van der Waals surface area contributed by atoms with Crippen molar-refractivity contribution in [3.05, 3.63) is 35.2 Å². The monoisotopic (exact) mass is 292 g/mol. The lowest BCUT2D eigenvalue weighted by Crippen LogP contribution is -2.27. The van der Waals surface area contributed by atoms with Gasteiger partial charge in [-0.05, 0) is 53.8 Å². The Hall–Kier alpha value is -1.43. The van der Waals surface area contributed by atoms with Gasteiger partial charge in [0.1, 0.15) is 0 Å². The van der Waals surface area contributed by atoms with E-state index in [1.54, 1.807) is 11.3 Å². The van der Waals surface area contributed by atoms with Crippen LogP contribution in [0.5, 0.6) is 0 Å². The zero-order valence-corrected chi connectivity index (χ0v) is 11.8. The number of rotatable bonds is 4. The molecule has 5 heteroatoms. The summed E-state index contributed by atoms with van der Waals surface area (Å²) < 4.78 is 12.3. The Morgan fingerprint density at radius 2 is 2.30 bits per heavy atom. The number of fused-ring (bicyclic) bond motifs is 1. The van der Waals surface area contributed by atoms with Crippen molar-refractivity contribution in [2.24, 2.45) is 0 Å². The lowest BCUT2D eigenvalue weighted by Gasteiger charge is -2.26. The summed E-state index contributed by atoms with van der Waals surface area (Å²) in [4.78, 5) is 11.5. The van der Waals surface area contributed by atoms with E-state index in [1.807, 2.05) is 29.6 Å². The number of aliphatic carboxylic acids is 1. The Bertz CT molecular complexity index is 601. The van der Waals surface area contributed by atoms with E-state index < -0.39 is 18.4 Å². The Morgan fingerprint density at radius 1 is 1.40 bits per heavy atom. The normalized spacial score (nSPS) is 20.9. The van der Waals surface area contributed by atoms with E-state index in [2.05, 4.69) is 0 Å². The molecule has 1 aliphatic heterocycles. The van der Waals surface area contributed by atoms with Crippen molar-refractivity contribution in [1.82, 2.24) is 0 Å². The number of ether oxygens (including phenoxy) is 2. The van der Waals surface area contributed by atoms with Crippen molar-refractivity contribution in [3.63, 3.8) is 0 Å². The van der Waals surface area contributed by atoms with Gasteiger partial charge in [-0.25, -0.2) is 4.79 Å². The third kappa shape index (κ3) is 2.85. The molecule has 0 amide bonds. The molecule has 1 saturated heterocycles.